The van der Waals surface area contributed by atoms with Gasteiger partial charge in [0, 0.05) is 12.0 Å². The molecule has 0 saturated heterocycles. The van der Waals surface area contributed by atoms with Crippen molar-refractivity contribution < 1.29 is 9.53 Å². The van der Waals surface area contributed by atoms with Crippen molar-refractivity contribution in [3.05, 3.63) is 29.3 Å². The number of carbonyl (C=O) groups excluding carboxylic acids is 1. The van der Waals surface area contributed by atoms with Crippen LogP contribution >= 0.6 is 0 Å². The Morgan fingerprint density at radius 3 is 2.94 bits per heavy atom. The molecule has 1 aliphatic heterocycles. The molecule has 1 aromatic carbocycles. The molecular formula is C15H19NO2. The van der Waals surface area contributed by atoms with Gasteiger partial charge in [-0.15, -0.1) is 0 Å². The smallest absolute Gasteiger partial charge is 0.227 e. The Labute approximate surface area is 107 Å². The lowest BCUT2D eigenvalue weighted by molar-refractivity contribution is -0.123. The summed E-state index contributed by atoms with van der Waals surface area (Å²) >= 11 is 0. The molecule has 0 aromatic heterocycles. The second-order valence-electron chi connectivity index (χ2n) is 5.72. The SMILES string of the molecule is CC(CC1CC1)(C(N)=O)c1cccc2c1CCO2. The number of hydrogen-bond acceptors (Lipinski definition) is 2. The number of nitrogens with two attached hydrogens (primary N) is 1. The van der Waals surface area contributed by atoms with Crippen LogP contribution in [-0.2, 0) is 16.6 Å². The highest BCUT2D eigenvalue weighted by Crippen LogP contribution is 2.44. The van der Waals surface area contributed by atoms with Gasteiger partial charge in [-0.25, -0.2) is 0 Å². The highest BCUT2D eigenvalue weighted by atomic mass is 16.5. The molecule has 0 bridgehead atoms. The maximum atomic E-state index is 12.0. The van der Waals surface area contributed by atoms with Gasteiger partial charge in [0.1, 0.15) is 5.75 Å². The summed E-state index contributed by atoms with van der Waals surface area (Å²) < 4.78 is 5.58. The number of carbonyl (C=O) groups is 1. The second kappa shape index (κ2) is 4.01. The predicted molar refractivity (Wildman–Crippen MR) is 69.5 cm³/mol. The molecule has 0 spiro atoms. The van der Waals surface area contributed by atoms with Gasteiger partial charge < -0.3 is 10.5 Å². The quantitative estimate of drug-likeness (QED) is 0.883. The van der Waals surface area contributed by atoms with E-state index in [0.29, 0.717) is 12.5 Å². The van der Waals surface area contributed by atoms with Crippen LogP contribution in [-0.4, -0.2) is 12.5 Å². The van der Waals surface area contributed by atoms with Crippen molar-refractivity contribution in [2.45, 2.75) is 38.0 Å². The normalized spacial score (nSPS) is 20.9. The molecule has 2 N–H and O–H groups in total. The Morgan fingerprint density at radius 1 is 1.50 bits per heavy atom. The summed E-state index contributed by atoms with van der Waals surface area (Å²) in [5, 5.41) is 0. The first kappa shape index (κ1) is 11.6. The summed E-state index contributed by atoms with van der Waals surface area (Å²) in [6.07, 6.45) is 4.22. The minimum absolute atomic E-state index is 0.213. The Balaban J connectivity index is 2.04. The maximum absolute atomic E-state index is 12.0. The van der Waals surface area contributed by atoms with Crippen molar-refractivity contribution in [1.29, 1.82) is 0 Å². The van der Waals surface area contributed by atoms with E-state index in [1.54, 1.807) is 0 Å². The molecule has 2 aliphatic rings. The molecule has 96 valence electrons. The summed E-state index contributed by atoms with van der Waals surface area (Å²) in [4.78, 5) is 12.0. The van der Waals surface area contributed by atoms with Gasteiger partial charge in [0.25, 0.3) is 0 Å². The summed E-state index contributed by atoms with van der Waals surface area (Å²) in [6, 6.07) is 5.98. The van der Waals surface area contributed by atoms with Crippen LogP contribution in [0.4, 0.5) is 0 Å². The molecule has 1 aliphatic carbocycles. The maximum Gasteiger partial charge on any atom is 0.227 e. The number of fused-ring (bicyclic) bond motifs is 1. The van der Waals surface area contributed by atoms with Crippen LogP contribution in [0, 0.1) is 5.92 Å². The van der Waals surface area contributed by atoms with E-state index in [0.717, 1.165) is 24.2 Å². The molecule has 1 amide bonds. The van der Waals surface area contributed by atoms with E-state index in [1.165, 1.54) is 18.4 Å². The Hall–Kier alpha value is -1.51. The Bertz CT molecular complexity index is 493. The van der Waals surface area contributed by atoms with E-state index in [4.69, 9.17) is 10.5 Å². The van der Waals surface area contributed by atoms with E-state index in [1.807, 2.05) is 25.1 Å². The number of amides is 1. The van der Waals surface area contributed by atoms with E-state index in [9.17, 15) is 4.79 Å². The standard InChI is InChI=1S/C15H19NO2/c1-15(14(16)17,9-10-5-6-10)12-3-2-4-13-11(12)7-8-18-13/h2-4,10H,5-9H2,1H3,(H2,16,17). The minimum atomic E-state index is -0.541. The molecule has 3 nitrogen and oxygen atoms in total. The average Bonchev–Trinajstić information content (AvgIpc) is 3.02. The molecule has 1 atom stereocenters. The van der Waals surface area contributed by atoms with Gasteiger partial charge in [-0.05, 0) is 30.9 Å². The van der Waals surface area contributed by atoms with Gasteiger partial charge in [-0.3, -0.25) is 4.79 Å². The first-order valence-corrected chi connectivity index (χ1v) is 6.66. The van der Waals surface area contributed by atoms with Crippen LogP contribution in [0.5, 0.6) is 5.75 Å². The third kappa shape index (κ3) is 1.78. The molecule has 1 aromatic rings. The Morgan fingerprint density at radius 2 is 2.28 bits per heavy atom. The van der Waals surface area contributed by atoms with Crippen LogP contribution in [0.3, 0.4) is 0 Å². The van der Waals surface area contributed by atoms with E-state index in [2.05, 4.69) is 0 Å². The van der Waals surface area contributed by atoms with Gasteiger partial charge in [0.15, 0.2) is 0 Å². The average molecular weight is 245 g/mol. The molecule has 1 fully saturated rings. The lowest BCUT2D eigenvalue weighted by Gasteiger charge is -2.28. The van der Waals surface area contributed by atoms with Gasteiger partial charge in [-0.2, -0.15) is 0 Å². The number of primary amides is 1. The molecule has 3 rings (SSSR count). The van der Waals surface area contributed by atoms with Gasteiger partial charge >= 0.3 is 0 Å². The van der Waals surface area contributed by atoms with Crippen molar-refractivity contribution in [3.63, 3.8) is 0 Å². The predicted octanol–water partition coefficient (Wildman–Crippen LogP) is 2.16. The summed E-state index contributed by atoms with van der Waals surface area (Å²) in [5.74, 6) is 1.38. The lowest BCUT2D eigenvalue weighted by Crippen LogP contribution is -2.39. The molecule has 1 heterocycles. The fourth-order valence-electron chi connectivity index (χ4n) is 2.98. The second-order valence-corrected chi connectivity index (χ2v) is 5.72. The Kier molecular flexibility index (Phi) is 2.58. The van der Waals surface area contributed by atoms with Crippen molar-refractivity contribution in [2.75, 3.05) is 6.61 Å². The van der Waals surface area contributed by atoms with Crippen LogP contribution in [0.2, 0.25) is 0 Å². The topological polar surface area (TPSA) is 52.3 Å². The van der Waals surface area contributed by atoms with E-state index >= 15 is 0 Å². The van der Waals surface area contributed by atoms with Crippen LogP contribution < -0.4 is 10.5 Å². The van der Waals surface area contributed by atoms with Crippen LogP contribution in [0.15, 0.2) is 18.2 Å². The monoisotopic (exact) mass is 245 g/mol. The third-order valence-electron chi connectivity index (χ3n) is 4.27. The largest absolute Gasteiger partial charge is 0.493 e. The highest BCUT2D eigenvalue weighted by molar-refractivity contribution is 5.87. The molecule has 0 radical (unpaired) electrons. The first-order valence-electron chi connectivity index (χ1n) is 6.66. The van der Waals surface area contributed by atoms with Crippen LogP contribution in [0.1, 0.15) is 37.3 Å². The van der Waals surface area contributed by atoms with Gasteiger partial charge in [0.2, 0.25) is 5.91 Å². The summed E-state index contributed by atoms with van der Waals surface area (Å²) in [6.45, 7) is 2.70. The lowest BCUT2D eigenvalue weighted by atomic mass is 9.75. The van der Waals surface area contributed by atoms with E-state index in [-0.39, 0.29) is 5.91 Å². The third-order valence-corrected chi connectivity index (χ3v) is 4.27. The highest BCUT2D eigenvalue weighted by Gasteiger charge is 2.41. The summed E-state index contributed by atoms with van der Waals surface area (Å²) in [5.41, 5.74) is 7.41. The molecule has 1 saturated carbocycles. The fourth-order valence-corrected chi connectivity index (χ4v) is 2.98. The minimum Gasteiger partial charge on any atom is -0.493 e. The van der Waals surface area contributed by atoms with Gasteiger partial charge in [-0.1, -0.05) is 25.0 Å². The first-order chi connectivity index (χ1) is 8.61. The van der Waals surface area contributed by atoms with E-state index < -0.39 is 5.41 Å². The number of ether oxygens (including phenoxy) is 1. The molecule has 1 unspecified atom stereocenters. The molecule has 18 heavy (non-hydrogen) atoms. The number of rotatable bonds is 4. The van der Waals surface area contributed by atoms with Gasteiger partial charge in [0.05, 0.1) is 12.0 Å². The molecule has 3 heteroatoms. The fraction of sp³-hybridized carbons (Fsp3) is 0.533. The van der Waals surface area contributed by atoms with Crippen molar-refractivity contribution in [1.82, 2.24) is 0 Å². The number of hydrogen-bond donors (Lipinski definition) is 1. The van der Waals surface area contributed by atoms with Crippen molar-refractivity contribution in [2.24, 2.45) is 11.7 Å². The zero-order valence-corrected chi connectivity index (χ0v) is 10.7. The van der Waals surface area contributed by atoms with Crippen molar-refractivity contribution in [3.8, 4) is 5.75 Å². The number of benzene rings is 1. The summed E-state index contributed by atoms with van der Waals surface area (Å²) in [7, 11) is 0. The zero-order chi connectivity index (χ0) is 12.8. The zero-order valence-electron chi connectivity index (χ0n) is 10.7. The van der Waals surface area contributed by atoms with Crippen molar-refractivity contribution >= 4 is 5.91 Å². The molecular weight excluding hydrogens is 226 g/mol. The van der Waals surface area contributed by atoms with Crippen LogP contribution in [0.25, 0.3) is 0 Å².